The maximum Gasteiger partial charge on any atom is 0.301 e. The van der Waals surface area contributed by atoms with Crippen LogP contribution in [0.3, 0.4) is 0 Å². The molecule has 0 fully saturated rings. The van der Waals surface area contributed by atoms with Gasteiger partial charge in [0, 0.05) is 7.05 Å². The minimum absolute atomic E-state index is 0.347. The van der Waals surface area contributed by atoms with Gasteiger partial charge in [0.1, 0.15) is 15.5 Å². The molecule has 1 amide bonds. The van der Waals surface area contributed by atoms with Crippen LogP contribution in [0, 0.1) is 10.1 Å². The van der Waals surface area contributed by atoms with Crippen molar-refractivity contribution in [3.8, 4) is 0 Å². The van der Waals surface area contributed by atoms with Gasteiger partial charge >= 0.3 is 5.69 Å². The number of rotatable bonds is 3. The predicted molar refractivity (Wildman–Crippen MR) is 62.9 cm³/mol. The van der Waals surface area contributed by atoms with Gasteiger partial charge in [0.05, 0.1) is 4.92 Å². The van der Waals surface area contributed by atoms with E-state index >= 15 is 0 Å². The number of nitrogens with one attached hydrogen (secondary N) is 1. The van der Waals surface area contributed by atoms with Crippen molar-refractivity contribution in [1.82, 2.24) is 5.32 Å². The lowest BCUT2D eigenvalue weighted by molar-refractivity contribution is -0.385. The summed E-state index contributed by atoms with van der Waals surface area (Å²) in [6.45, 7) is 0. The number of carbonyl (C=O) groups is 1. The number of hydrogen-bond acceptors (Lipinski definition) is 5. The quantitative estimate of drug-likeness (QED) is 0.609. The highest BCUT2D eigenvalue weighted by molar-refractivity contribution is 7.89. The Morgan fingerprint density at radius 1 is 1.50 bits per heavy atom. The standard InChI is InChI=1S/C8H8ClN3O5S/c1-11-8(13)4-2-3-5(18(10,16)17)6(9)7(4)12(14)15/h2-3H,1H3,(H,11,13)(H2,10,16,17). The molecule has 18 heavy (non-hydrogen) atoms. The SMILES string of the molecule is CNC(=O)c1ccc(S(N)(=O)=O)c(Cl)c1[N+](=O)[O-]. The summed E-state index contributed by atoms with van der Waals surface area (Å²) in [4.78, 5) is 20.7. The third-order valence-electron chi connectivity index (χ3n) is 2.04. The molecule has 0 aliphatic rings. The number of carbonyl (C=O) groups excluding carboxylic acids is 1. The van der Waals surface area contributed by atoms with Gasteiger partial charge in [-0.3, -0.25) is 14.9 Å². The zero-order valence-electron chi connectivity index (χ0n) is 9.01. The molecule has 10 heteroatoms. The minimum Gasteiger partial charge on any atom is -0.355 e. The molecule has 1 aromatic rings. The molecular formula is C8H8ClN3O5S. The molecule has 0 bridgehead atoms. The van der Waals surface area contributed by atoms with Crippen LogP contribution in [0.15, 0.2) is 17.0 Å². The van der Waals surface area contributed by atoms with Gasteiger partial charge in [-0.15, -0.1) is 0 Å². The lowest BCUT2D eigenvalue weighted by Gasteiger charge is -2.06. The summed E-state index contributed by atoms with van der Waals surface area (Å²) in [5.74, 6) is -0.760. The Kier molecular flexibility index (Phi) is 3.89. The third kappa shape index (κ3) is 2.58. The van der Waals surface area contributed by atoms with Crippen LogP contribution in [-0.4, -0.2) is 26.3 Å². The van der Waals surface area contributed by atoms with Gasteiger partial charge in [0.2, 0.25) is 10.0 Å². The lowest BCUT2D eigenvalue weighted by atomic mass is 10.1. The molecule has 3 N–H and O–H groups in total. The van der Waals surface area contributed by atoms with Crippen LogP contribution in [0.5, 0.6) is 0 Å². The molecule has 0 radical (unpaired) electrons. The third-order valence-corrected chi connectivity index (χ3v) is 3.49. The average molecular weight is 294 g/mol. The zero-order valence-corrected chi connectivity index (χ0v) is 10.6. The van der Waals surface area contributed by atoms with E-state index in [2.05, 4.69) is 5.32 Å². The number of hydrogen-bond donors (Lipinski definition) is 2. The Labute approximate surface area is 107 Å². The van der Waals surface area contributed by atoms with Gasteiger partial charge in [-0.1, -0.05) is 11.6 Å². The highest BCUT2D eigenvalue weighted by Crippen LogP contribution is 2.33. The molecule has 0 heterocycles. The van der Waals surface area contributed by atoms with E-state index in [1.807, 2.05) is 0 Å². The van der Waals surface area contributed by atoms with Crippen LogP contribution < -0.4 is 10.5 Å². The summed E-state index contributed by atoms with van der Waals surface area (Å²) in [5, 5.41) is 17.2. The molecule has 0 spiro atoms. The molecule has 0 aromatic heterocycles. The highest BCUT2D eigenvalue weighted by Gasteiger charge is 2.29. The van der Waals surface area contributed by atoms with Crippen LogP contribution in [-0.2, 0) is 10.0 Å². The second kappa shape index (κ2) is 4.88. The second-order valence-corrected chi connectivity index (χ2v) is 5.06. The average Bonchev–Trinajstić information content (AvgIpc) is 2.25. The van der Waals surface area contributed by atoms with Crippen molar-refractivity contribution < 1.29 is 18.1 Å². The second-order valence-electron chi connectivity index (χ2n) is 3.16. The minimum atomic E-state index is -4.21. The smallest absolute Gasteiger partial charge is 0.301 e. The number of amides is 1. The number of nitrogens with two attached hydrogens (primary N) is 1. The lowest BCUT2D eigenvalue weighted by Crippen LogP contribution is -2.20. The van der Waals surface area contributed by atoms with Gasteiger partial charge < -0.3 is 5.32 Å². The Hall–Kier alpha value is -1.71. The van der Waals surface area contributed by atoms with E-state index in [0.29, 0.717) is 0 Å². The molecular weight excluding hydrogens is 286 g/mol. The summed E-state index contributed by atoms with van der Waals surface area (Å²) in [5.41, 5.74) is -1.15. The molecule has 8 nitrogen and oxygen atoms in total. The maximum absolute atomic E-state index is 11.4. The van der Waals surface area contributed by atoms with E-state index in [0.717, 1.165) is 12.1 Å². The first-order valence-corrected chi connectivity index (χ1v) is 6.34. The number of benzene rings is 1. The number of sulfonamides is 1. The molecule has 0 aliphatic heterocycles. The van der Waals surface area contributed by atoms with E-state index in [9.17, 15) is 23.3 Å². The number of primary sulfonamides is 1. The van der Waals surface area contributed by atoms with Gasteiger partial charge in [0.15, 0.2) is 0 Å². The fourth-order valence-electron chi connectivity index (χ4n) is 1.26. The van der Waals surface area contributed by atoms with Gasteiger partial charge in [-0.25, -0.2) is 13.6 Å². The van der Waals surface area contributed by atoms with Crippen molar-refractivity contribution in [2.24, 2.45) is 5.14 Å². The number of nitrogens with zero attached hydrogens (tertiary/aromatic N) is 1. The van der Waals surface area contributed by atoms with Crippen LogP contribution in [0.1, 0.15) is 10.4 Å². The monoisotopic (exact) mass is 293 g/mol. The fraction of sp³-hybridized carbons (Fsp3) is 0.125. The highest BCUT2D eigenvalue weighted by atomic mass is 35.5. The van der Waals surface area contributed by atoms with E-state index in [1.165, 1.54) is 7.05 Å². The first-order chi connectivity index (χ1) is 8.20. The van der Waals surface area contributed by atoms with E-state index in [1.54, 1.807) is 0 Å². The molecule has 1 rings (SSSR count). The van der Waals surface area contributed by atoms with Crippen molar-refractivity contribution >= 4 is 33.2 Å². The topological polar surface area (TPSA) is 132 Å². The van der Waals surface area contributed by atoms with Crippen molar-refractivity contribution in [3.63, 3.8) is 0 Å². The first kappa shape index (κ1) is 14.4. The molecule has 0 aliphatic carbocycles. The predicted octanol–water partition coefficient (Wildman–Crippen LogP) is 0.255. The molecule has 0 unspecified atom stereocenters. The Bertz CT molecular complexity index is 628. The fourth-order valence-corrected chi connectivity index (χ4v) is 2.42. The maximum atomic E-state index is 11.4. The van der Waals surface area contributed by atoms with Crippen molar-refractivity contribution in [2.75, 3.05) is 7.05 Å². The first-order valence-electron chi connectivity index (χ1n) is 4.42. The largest absolute Gasteiger partial charge is 0.355 e. The number of nitro benzene ring substituents is 1. The van der Waals surface area contributed by atoms with E-state index in [-0.39, 0.29) is 5.56 Å². The van der Waals surface area contributed by atoms with E-state index in [4.69, 9.17) is 16.7 Å². The van der Waals surface area contributed by atoms with Crippen molar-refractivity contribution in [3.05, 3.63) is 32.8 Å². The number of halogens is 1. The van der Waals surface area contributed by atoms with Crippen LogP contribution in [0.2, 0.25) is 5.02 Å². The van der Waals surface area contributed by atoms with Crippen LogP contribution in [0.25, 0.3) is 0 Å². The molecule has 0 saturated heterocycles. The van der Waals surface area contributed by atoms with Crippen molar-refractivity contribution in [1.29, 1.82) is 0 Å². The zero-order chi connectivity index (χ0) is 14.1. The molecule has 0 atom stereocenters. The molecule has 98 valence electrons. The summed E-state index contributed by atoms with van der Waals surface area (Å²) in [7, 11) is -2.94. The Morgan fingerprint density at radius 2 is 2.06 bits per heavy atom. The summed E-state index contributed by atoms with van der Waals surface area (Å²) in [6.07, 6.45) is 0. The summed E-state index contributed by atoms with van der Waals surface area (Å²) < 4.78 is 22.3. The Balaban J connectivity index is 3.69. The molecule has 0 saturated carbocycles. The van der Waals surface area contributed by atoms with Gasteiger partial charge in [0.25, 0.3) is 5.91 Å². The van der Waals surface area contributed by atoms with Gasteiger partial charge in [-0.2, -0.15) is 0 Å². The summed E-state index contributed by atoms with van der Waals surface area (Å²) >= 11 is 5.61. The number of nitro groups is 1. The normalized spacial score (nSPS) is 11.1. The van der Waals surface area contributed by atoms with Gasteiger partial charge in [-0.05, 0) is 12.1 Å². The van der Waals surface area contributed by atoms with E-state index < -0.39 is 36.5 Å². The summed E-state index contributed by atoms with van der Waals surface area (Å²) in [6, 6.07) is 1.91. The molecule has 1 aromatic carbocycles. The van der Waals surface area contributed by atoms with Crippen LogP contribution in [0.4, 0.5) is 5.69 Å². The van der Waals surface area contributed by atoms with Crippen LogP contribution >= 0.6 is 11.6 Å². The van der Waals surface area contributed by atoms with Crippen molar-refractivity contribution in [2.45, 2.75) is 4.90 Å². The Morgan fingerprint density at radius 3 is 2.44 bits per heavy atom.